The van der Waals surface area contributed by atoms with Crippen molar-refractivity contribution in [3.8, 4) is 0 Å². The average molecular weight is 313 g/mol. The van der Waals surface area contributed by atoms with Crippen molar-refractivity contribution >= 4 is 5.91 Å². The zero-order valence-electron chi connectivity index (χ0n) is 14.0. The Hall–Kier alpha value is -2.16. The molecule has 2 aromatic carbocycles. The summed E-state index contributed by atoms with van der Waals surface area (Å²) in [7, 11) is 0. The lowest BCUT2D eigenvalue weighted by Gasteiger charge is -2.29. The maximum Gasteiger partial charge on any atom is 0.224 e. The second-order valence-electron chi connectivity index (χ2n) is 6.73. The second kappa shape index (κ2) is 7.40. The molecule has 2 nitrogen and oxygen atoms in total. The van der Waals surface area contributed by atoms with Crippen LogP contribution in [0, 0.1) is 5.82 Å². The maximum absolute atomic E-state index is 12.9. The van der Waals surface area contributed by atoms with Gasteiger partial charge in [0, 0.05) is 6.04 Å². The first kappa shape index (κ1) is 17.2. The van der Waals surface area contributed by atoms with Gasteiger partial charge in [0.15, 0.2) is 0 Å². The monoisotopic (exact) mass is 313 g/mol. The molecule has 0 bridgehead atoms. The van der Waals surface area contributed by atoms with E-state index in [0.717, 1.165) is 12.0 Å². The number of carbonyl (C=O) groups is 1. The molecule has 0 heterocycles. The largest absolute Gasteiger partial charge is 0.353 e. The maximum atomic E-state index is 12.9. The van der Waals surface area contributed by atoms with Crippen molar-refractivity contribution < 1.29 is 9.18 Å². The summed E-state index contributed by atoms with van der Waals surface area (Å²) >= 11 is 0. The molecule has 122 valence electrons. The molecule has 0 saturated carbocycles. The van der Waals surface area contributed by atoms with Crippen LogP contribution >= 0.6 is 0 Å². The van der Waals surface area contributed by atoms with Gasteiger partial charge in [0.25, 0.3) is 0 Å². The highest BCUT2D eigenvalue weighted by Crippen LogP contribution is 2.28. The molecule has 0 unspecified atom stereocenters. The molecular formula is C20H24FNO. The molecule has 1 N–H and O–H groups in total. The van der Waals surface area contributed by atoms with E-state index in [-0.39, 0.29) is 29.6 Å². The van der Waals surface area contributed by atoms with Gasteiger partial charge in [-0.15, -0.1) is 0 Å². The van der Waals surface area contributed by atoms with Crippen molar-refractivity contribution in [2.75, 3.05) is 0 Å². The van der Waals surface area contributed by atoms with E-state index in [1.54, 1.807) is 12.1 Å². The number of hydrogen-bond donors (Lipinski definition) is 1. The van der Waals surface area contributed by atoms with E-state index in [4.69, 9.17) is 0 Å². The quantitative estimate of drug-likeness (QED) is 0.849. The molecule has 2 rings (SSSR count). The molecule has 0 radical (unpaired) electrons. The van der Waals surface area contributed by atoms with Gasteiger partial charge in [0.05, 0.1) is 6.42 Å². The van der Waals surface area contributed by atoms with Crippen LogP contribution in [0.4, 0.5) is 4.39 Å². The Morgan fingerprint density at radius 2 is 1.70 bits per heavy atom. The lowest BCUT2D eigenvalue weighted by Crippen LogP contribution is -2.38. The third-order valence-corrected chi connectivity index (χ3v) is 4.06. The van der Waals surface area contributed by atoms with Gasteiger partial charge >= 0.3 is 0 Å². The van der Waals surface area contributed by atoms with E-state index in [9.17, 15) is 9.18 Å². The number of hydrogen-bond acceptors (Lipinski definition) is 1. The van der Waals surface area contributed by atoms with Crippen LogP contribution in [0.2, 0.25) is 0 Å². The van der Waals surface area contributed by atoms with Gasteiger partial charge in [-0.2, -0.15) is 0 Å². The normalized spacial score (nSPS) is 12.7. The van der Waals surface area contributed by atoms with Crippen LogP contribution in [0.3, 0.4) is 0 Å². The number of rotatable bonds is 6. The minimum absolute atomic E-state index is 0.0101. The van der Waals surface area contributed by atoms with Crippen LogP contribution in [0.5, 0.6) is 0 Å². The fourth-order valence-corrected chi connectivity index (χ4v) is 2.94. The van der Waals surface area contributed by atoms with Crippen LogP contribution in [0.25, 0.3) is 0 Å². The molecule has 2 aromatic rings. The van der Waals surface area contributed by atoms with Gasteiger partial charge in [-0.05, 0) is 42.0 Å². The molecular weight excluding hydrogens is 289 g/mol. The number of halogens is 1. The molecule has 0 saturated heterocycles. The van der Waals surface area contributed by atoms with Crippen LogP contribution < -0.4 is 5.32 Å². The number of carbonyl (C=O) groups excluding carboxylic acids is 1. The summed E-state index contributed by atoms with van der Waals surface area (Å²) < 4.78 is 12.9. The summed E-state index contributed by atoms with van der Waals surface area (Å²) in [6, 6.07) is 16.4. The Morgan fingerprint density at radius 3 is 2.30 bits per heavy atom. The molecule has 3 heteroatoms. The van der Waals surface area contributed by atoms with Crippen molar-refractivity contribution in [2.24, 2.45) is 0 Å². The SMILES string of the molecule is C[C@@H](CC(C)(C)c1ccccc1)NC(=O)Cc1ccc(F)cc1. The fraction of sp³-hybridized carbons (Fsp3) is 0.350. The molecule has 0 fully saturated rings. The Labute approximate surface area is 137 Å². The van der Waals surface area contributed by atoms with Crippen LogP contribution in [-0.4, -0.2) is 11.9 Å². The first-order valence-electron chi connectivity index (χ1n) is 7.96. The highest BCUT2D eigenvalue weighted by atomic mass is 19.1. The van der Waals surface area contributed by atoms with E-state index in [1.807, 2.05) is 25.1 Å². The molecule has 0 aliphatic carbocycles. The summed E-state index contributed by atoms with van der Waals surface area (Å²) in [6.07, 6.45) is 1.13. The standard InChI is InChI=1S/C20H24FNO/c1-15(14-20(2,3)17-7-5-4-6-8-17)22-19(23)13-16-9-11-18(21)12-10-16/h4-12,15H,13-14H2,1-3H3,(H,22,23)/t15-/m0/s1. The van der Waals surface area contributed by atoms with Gasteiger partial charge in [-0.25, -0.2) is 4.39 Å². The molecule has 0 aliphatic rings. The highest BCUT2D eigenvalue weighted by molar-refractivity contribution is 5.78. The van der Waals surface area contributed by atoms with Gasteiger partial charge in [0.1, 0.15) is 5.82 Å². The van der Waals surface area contributed by atoms with Gasteiger partial charge in [-0.3, -0.25) is 4.79 Å². The van der Waals surface area contributed by atoms with E-state index in [0.29, 0.717) is 0 Å². The van der Waals surface area contributed by atoms with E-state index >= 15 is 0 Å². The highest BCUT2D eigenvalue weighted by Gasteiger charge is 2.23. The van der Waals surface area contributed by atoms with Gasteiger partial charge in [-0.1, -0.05) is 56.3 Å². The van der Waals surface area contributed by atoms with Crippen LogP contribution in [0.1, 0.15) is 38.3 Å². The summed E-state index contributed by atoms with van der Waals surface area (Å²) in [6.45, 7) is 6.39. The molecule has 23 heavy (non-hydrogen) atoms. The Morgan fingerprint density at radius 1 is 1.09 bits per heavy atom. The Kier molecular flexibility index (Phi) is 5.54. The summed E-state index contributed by atoms with van der Waals surface area (Å²) in [5, 5.41) is 3.04. The van der Waals surface area contributed by atoms with Crippen molar-refractivity contribution in [3.05, 3.63) is 71.5 Å². The third-order valence-electron chi connectivity index (χ3n) is 4.06. The Balaban J connectivity index is 1.89. The zero-order valence-corrected chi connectivity index (χ0v) is 14.0. The zero-order chi connectivity index (χ0) is 16.9. The predicted molar refractivity (Wildman–Crippen MR) is 91.8 cm³/mol. The molecule has 0 aromatic heterocycles. The fourth-order valence-electron chi connectivity index (χ4n) is 2.94. The first-order valence-corrected chi connectivity index (χ1v) is 7.96. The molecule has 0 spiro atoms. The van der Waals surface area contributed by atoms with Crippen molar-refractivity contribution in [1.82, 2.24) is 5.32 Å². The number of amides is 1. The second-order valence-corrected chi connectivity index (χ2v) is 6.73. The number of nitrogens with one attached hydrogen (secondary N) is 1. The summed E-state index contributed by atoms with van der Waals surface area (Å²) in [4.78, 5) is 12.1. The van der Waals surface area contributed by atoms with Crippen molar-refractivity contribution in [2.45, 2.75) is 45.1 Å². The average Bonchev–Trinajstić information content (AvgIpc) is 2.49. The molecule has 1 amide bonds. The van der Waals surface area contributed by atoms with Crippen molar-refractivity contribution in [1.29, 1.82) is 0 Å². The minimum Gasteiger partial charge on any atom is -0.353 e. The molecule has 0 aliphatic heterocycles. The van der Waals surface area contributed by atoms with E-state index in [2.05, 4.69) is 31.3 Å². The smallest absolute Gasteiger partial charge is 0.224 e. The third kappa shape index (κ3) is 5.20. The Bertz CT molecular complexity index is 634. The van der Waals surface area contributed by atoms with E-state index in [1.165, 1.54) is 17.7 Å². The summed E-state index contributed by atoms with van der Waals surface area (Å²) in [5.74, 6) is -0.319. The number of benzene rings is 2. The lowest BCUT2D eigenvalue weighted by molar-refractivity contribution is -0.121. The molecule has 1 atom stereocenters. The predicted octanol–water partition coefficient (Wildman–Crippen LogP) is 4.24. The lowest BCUT2D eigenvalue weighted by atomic mass is 9.79. The van der Waals surface area contributed by atoms with Crippen LogP contribution in [0.15, 0.2) is 54.6 Å². The minimum atomic E-state index is -0.285. The van der Waals surface area contributed by atoms with Crippen LogP contribution in [-0.2, 0) is 16.6 Å². The summed E-state index contributed by atoms with van der Waals surface area (Å²) in [5.41, 5.74) is 2.07. The van der Waals surface area contributed by atoms with E-state index < -0.39 is 0 Å². The first-order chi connectivity index (χ1) is 10.9. The van der Waals surface area contributed by atoms with Gasteiger partial charge in [0.2, 0.25) is 5.91 Å². The topological polar surface area (TPSA) is 29.1 Å². The van der Waals surface area contributed by atoms with Gasteiger partial charge < -0.3 is 5.32 Å². The van der Waals surface area contributed by atoms with Crippen molar-refractivity contribution in [3.63, 3.8) is 0 Å².